The minimum Gasteiger partial charge on any atom is -0.354 e. The number of hydrogen-bond donors (Lipinski definition) is 3. The highest BCUT2D eigenvalue weighted by Crippen LogP contribution is 2.20. The van der Waals surface area contributed by atoms with Crippen molar-refractivity contribution < 1.29 is 0 Å². The number of aromatic nitrogens is 3. The van der Waals surface area contributed by atoms with Crippen LogP contribution in [0.2, 0.25) is 5.02 Å². The predicted octanol–water partition coefficient (Wildman–Crippen LogP) is 2.65. The number of nitrogens with one attached hydrogen (secondary N) is 3. The van der Waals surface area contributed by atoms with E-state index in [1.54, 1.807) is 18.3 Å². The van der Waals surface area contributed by atoms with Crippen LogP contribution in [0.25, 0.3) is 11.2 Å². The molecular formula is C12H9ClN4O. The van der Waals surface area contributed by atoms with Crippen LogP contribution in [0.3, 0.4) is 0 Å². The van der Waals surface area contributed by atoms with Crippen molar-refractivity contribution in [3.05, 3.63) is 52.0 Å². The average molecular weight is 261 g/mol. The molecule has 2 aromatic heterocycles. The zero-order valence-electron chi connectivity index (χ0n) is 9.20. The highest BCUT2D eigenvalue weighted by Gasteiger charge is 2.01. The molecule has 0 saturated carbocycles. The topological polar surface area (TPSA) is 73.6 Å². The summed E-state index contributed by atoms with van der Waals surface area (Å²) in [6.45, 7) is 0. The second-order valence-electron chi connectivity index (χ2n) is 3.83. The number of benzene rings is 1. The van der Waals surface area contributed by atoms with E-state index in [0.717, 1.165) is 11.4 Å². The van der Waals surface area contributed by atoms with E-state index in [4.69, 9.17) is 11.6 Å². The van der Waals surface area contributed by atoms with Gasteiger partial charge in [0.15, 0.2) is 5.65 Å². The van der Waals surface area contributed by atoms with Crippen molar-refractivity contribution in [2.75, 3.05) is 5.32 Å². The van der Waals surface area contributed by atoms with Gasteiger partial charge in [0, 0.05) is 10.7 Å². The van der Waals surface area contributed by atoms with Crippen molar-refractivity contribution in [3.8, 4) is 0 Å². The van der Waals surface area contributed by atoms with E-state index in [0.29, 0.717) is 16.2 Å². The summed E-state index contributed by atoms with van der Waals surface area (Å²) in [5.74, 6) is 0. The molecule has 0 atom stereocenters. The van der Waals surface area contributed by atoms with Crippen LogP contribution in [0.5, 0.6) is 0 Å². The van der Waals surface area contributed by atoms with Gasteiger partial charge in [0.05, 0.1) is 17.4 Å². The molecule has 5 nitrogen and oxygen atoms in total. The lowest BCUT2D eigenvalue weighted by atomic mass is 10.3. The fraction of sp³-hybridized carbons (Fsp3) is 0. The fourth-order valence-corrected chi connectivity index (χ4v) is 1.91. The first-order valence-corrected chi connectivity index (χ1v) is 5.69. The molecular weight excluding hydrogens is 252 g/mol. The van der Waals surface area contributed by atoms with E-state index in [1.165, 1.54) is 0 Å². The van der Waals surface area contributed by atoms with E-state index in [2.05, 4.69) is 20.3 Å². The standard InChI is InChI=1S/C12H9ClN4O/c13-7-2-1-3-8(4-7)15-9-5-10-11(14-6-9)17-12(18)16-10/h1-6,15H,(H2,14,16,17,18). The highest BCUT2D eigenvalue weighted by atomic mass is 35.5. The number of aromatic amines is 2. The van der Waals surface area contributed by atoms with Crippen LogP contribution >= 0.6 is 11.6 Å². The van der Waals surface area contributed by atoms with Crippen molar-refractivity contribution in [1.82, 2.24) is 15.0 Å². The van der Waals surface area contributed by atoms with Gasteiger partial charge >= 0.3 is 5.69 Å². The number of pyridine rings is 1. The maximum absolute atomic E-state index is 11.1. The van der Waals surface area contributed by atoms with Gasteiger partial charge in [0.1, 0.15) is 0 Å². The predicted molar refractivity (Wildman–Crippen MR) is 71.4 cm³/mol. The molecule has 18 heavy (non-hydrogen) atoms. The summed E-state index contributed by atoms with van der Waals surface area (Å²) in [5, 5.41) is 3.82. The van der Waals surface area contributed by atoms with Crippen LogP contribution in [-0.4, -0.2) is 15.0 Å². The summed E-state index contributed by atoms with van der Waals surface area (Å²) in [5.41, 5.74) is 2.57. The Hall–Kier alpha value is -2.27. The largest absolute Gasteiger partial charge is 0.354 e. The van der Waals surface area contributed by atoms with Gasteiger partial charge in [-0.3, -0.25) is 4.98 Å². The SMILES string of the molecule is O=c1[nH]c2cc(Nc3cccc(Cl)c3)cnc2[nH]1. The van der Waals surface area contributed by atoms with Crippen molar-refractivity contribution in [2.24, 2.45) is 0 Å². The van der Waals surface area contributed by atoms with Crippen molar-refractivity contribution >= 4 is 34.1 Å². The molecule has 0 unspecified atom stereocenters. The normalized spacial score (nSPS) is 10.7. The molecule has 3 aromatic rings. The molecule has 0 amide bonds. The first-order chi connectivity index (χ1) is 8.70. The minimum atomic E-state index is -0.266. The third-order valence-corrected chi connectivity index (χ3v) is 2.72. The number of anilines is 2. The van der Waals surface area contributed by atoms with Crippen LogP contribution in [0.4, 0.5) is 11.4 Å². The van der Waals surface area contributed by atoms with Crippen molar-refractivity contribution in [2.45, 2.75) is 0 Å². The van der Waals surface area contributed by atoms with E-state index in [1.807, 2.05) is 18.2 Å². The number of hydrogen-bond acceptors (Lipinski definition) is 3. The molecule has 0 radical (unpaired) electrons. The third kappa shape index (κ3) is 2.08. The second kappa shape index (κ2) is 4.19. The molecule has 0 saturated heterocycles. The molecule has 0 spiro atoms. The lowest BCUT2D eigenvalue weighted by Crippen LogP contribution is -1.99. The lowest BCUT2D eigenvalue weighted by Gasteiger charge is -2.05. The summed E-state index contributed by atoms with van der Waals surface area (Å²) < 4.78 is 0. The van der Waals surface area contributed by atoms with Gasteiger partial charge in [-0.1, -0.05) is 17.7 Å². The van der Waals surface area contributed by atoms with Crippen LogP contribution < -0.4 is 11.0 Å². The summed E-state index contributed by atoms with van der Waals surface area (Å²) >= 11 is 5.90. The smallest absolute Gasteiger partial charge is 0.325 e. The van der Waals surface area contributed by atoms with Crippen LogP contribution in [0.15, 0.2) is 41.3 Å². The van der Waals surface area contributed by atoms with Gasteiger partial charge < -0.3 is 10.3 Å². The number of imidazole rings is 1. The summed E-state index contributed by atoms with van der Waals surface area (Å²) in [7, 11) is 0. The third-order valence-electron chi connectivity index (χ3n) is 2.48. The van der Waals surface area contributed by atoms with Crippen molar-refractivity contribution in [1.29, 1.82) is 0 Å². The van der Waals surface area contributed by atoms with Gasteiger partial charge in [-0.05, 0) is 24.3 Å². The number of halogens is 1. The molecule has 3 N–H and O–H groups in total. The number of nitrogens with zero attached hydrogens (tertiary/aromatic N) is 1. The maximum Gasteiger partial charge on any atom is 0.325 e. The Balaban J connectivity index is 1.97. The second-order valence-corrected chi connectivity index (χ2v) is 4.27. The molecule has 0 bridgehead atoms. The Morgan fingerprint density at radius 1 is 1.17 bits per heavy atom. The summed E-state index contributed by atoms with van der Waals surface area (Å²) in [4.78, 5) is 20.5. The molecule has 1 aromatic carbocycles. The Morgan fingerprint density at radius 2 is 2.06 bits per heavy atom. The summed E-state index contributed by atoms with van der Waals surface area (Å²) in [6.07, 6.45) is 1.65. The number of fused-ring (bicyclic) bond motifs is 1. The summed E-state index contributed by atoms with van der Waals surface area (Å²) in [6, 6.07) is 9.18. The van der Waals surface area contributed by atoms with Gasteiger partial charge in [-0.2, -0.15) is 0 Å². The van der Waals surface area contributed by atoms with Gasteiger partial charge in [0.2, 0.25) is 0 Å². The Morgan fingerprint density at radius 3 is 2.89 bits per heavy atom. The van der Waals surface area contributed by atoms with Gasteiger partial charge in [0.25, 0.3) is 0 Å². The average Bonchev–Trinajstić information content (AvgIpc) is 2.68. The van der Waals surface area contributed by atoms with E-state index in [-0.39, 0.29) is 5.69 Å². The van der Waals surface area contributed by atoms with Crippen LogP contribution in [0, 0.1) is 0 Å². The monoisotopic (exact) mass is 260 g/mol. The maximum atomic E-state index is 11.1. The molecule has 6 heteroatoms. The minimum absolute atomic E-state index is 0.266. The van der Waals surface area contributed by atoms with Gasteiger partial charge in [-0.15, -0.1) is 0 Å². The van der Waals surface area contributed by atoms with E-state index < -0.39 is 0 Å². The number of rotatable bonds is 2. The Kier molecular flexibility index (Phi) is 2.53. The van der Waals surface area contributed by atoms with Crippen LogP contribution in [-0.2, 0) is 0 Å². The molecule has 0 fully saturated rings. The molecule has 3 rings (SSSR count). The Labute approximate surface area is 107 Å². The first-order valence-electron chi connectivity index (χ1n) is 5.31. The molecule has 90 valence electrons. The van der Waals surface area contributed by atoms with Gasteiger partial charge in [-0.25, -0.2) is 9.78 Å². The lowest BCUT2D eigenvalue weighted by molar-refractivity contribution is 1.20. The highest BCUT2D eigenvalue weighted by molar-refractivity contribution is 6.30. The first kappa shape index (κ1) is 10.9. The van der Waals surface area contributed by atoms with E-state index >= 15 is 0 Å². The molecule has 0 aliphatic rings. The Bertz CT molecular complexity index is 762. The zero-order valence-corrected chi connectivity index (χ0v) is 9.95. The fourth-order valence-electron chi connectivity index (χ4n) is 1.72. The quantitative estimate of drug-likeness (QED) is 0.663. The van der Waals surface area contributed by atoms with Crippen molar-refractivity contribution in [3.63, 3.8) is 0 Å². The van der Waals surface area contributed by atoms with Crippen LogP contribution in [0.1, 0.15) is 0 Å². The van der Waals surface area contributed by atoms with E-state index in [9.17, 15) is 4.79 Å². The molecule has 2 heterocycles. The molecule has 0 aliphatic carbocycles. The zero-order chi connectivity index (χ0) is 12.5. The number of H-pyrrole nitrogens is 2. The molecule has 0 aliphatic heterocycles.